The Bertz CT molecular complexity index is 2840. The first-order valence-electron chi connectivity index (χ1n) is 21.8. The Morgan fingerprint density at radius 1 is 0.429 bits per heavy atom. The summed E-state index contributed by atoms with van der Waals surface area (Å²) in [6.07, 6.45) is 8.83. The van der Waals surface area contributed by atoms with Crippen molar-refractivity contribution in [1.82, 2.24) is 0 Å². The minimum absolute atomic E-state index is 0.125. The van der Waals surface area contributed by atoms with Crippen LogP contribution in [0.15, 0.2) is 273 Å². The van der Waals surface area contributed by atoms with Crippen molar-refractivity contribution in [2.45, 2.75) is 26.9 Å². The average molecular weight is 828 g/mol. The van der Waals surface area contributed by atoms with Gasteiger partial charge in [0.2, 0.25) is 0 Å². The van der Waals surface area contributed by atoms with Crippen LogP contribution in [-0.4, -0.2) is 11.3 Å². The van der Waals surface area contributed by atoms with E-state index in [2.05, 4.69) is 261 Å². The molecule has 0 spiro atoms. The maximum Gasteiger partial charge on any atom is 0.0831 e. The first-order chi connectivity index (χ1) is 31.1. The van der Waals surface area contributed by atoms with Gasteiger partial charge in [-0.25, -0.2) is 0 Å². The van der Waals surface area contributed by atoms with E-state index in [1.54, 1.807) is 0 Å². The van der Waals surface area contributed by atoms with Gasteiger partial charge in [0.25, 0.3) is 0 Å². The van der Waals surface area contributed by atoms with Crippen LogP contribution in [0.1, 0.15) is 38.9 Å². The summed E-state index contributed by atoms with van der Waals surface area (Å²) in [7, 11) is 0. The van der Waals surface area contributed by atoms with E-state index in [1.807, 2.05) is 11.8 Å². The third-order valence-corrected chi connectivity index (χ3v) is 15.1. The van der Waals surface area contributed by atoms with Gasteiger partial charge < -0.3 is 5.73 Å². The monoisotopic (exact) mass is 827 g/mol. The molecule has 0 saturated heterocycles. The molecule has 0 amide bonds. The zero-order valence-corrected chi connectivity index (χ0v) is 36.0. The van der Waals surface area contributed by atoms with Crippen LogP contribution in [0.2, 0.25) is 0 Å². The molecular weight excluding hydrogens is 779 g/mol. The SMILES string of the molecule is C=C1C=CC=CC1SC1(c2ccccc2-c2ccccc2)C(c2ccccc2)=C(c2ccccc2)C(N)C(c2ccccc2)(c2ccccc2)C1(c1ccccc1)c1ccccc1. The molecule has 3 atom stereocenters. The van der Waals surface area contributed by atoms with Gasteiger partial charge in [-0.15, -0.1) is 11.8 Å². The molecule has 3 unspecified atom stereocenters. The lowest BCUT2D eigenvalue weighted by Gasteiger charge is -2.68. The molecule has 2 N–H and O–H groups in total. The fraction of sp³-hybridized carbons (Fsp3) is 0.0820. The quantitative estimate of drug-likeness (QED) is 0.149. The minimum atomic E-state index is -1.00. The molecule has 0 radical (unpaired) electrons. The molecule has 63 heavy (non-hydrogen) atoms. The van der Waals surface area contributed by atoms with Gasteiger partial charge in [0.05, 0.1) is 15.6 Å². The smallest absolute Gasteiger partial charge is 0.0831 e. The van der Waals surface area contributed by atoms with Gasteiger partial charge >= 0.3 is 0 Å². The van der Waals surface area contributed by atoms with Gasteiger partial charge in [0.1, 0.15) is 0 Å². The lowest BCUT2D eigenvalue weighted by molar-refractivity contribution is 0.235. The van der Waals surface area contributed by atoms with E-state index in [0.29, 0.717) is 0 Å². The Balaban J connectivity index is 1.59. The average Bonchev–Trinajstić information content (AvgIpc) is 3.36. The number of nitrogens with two attached hydrogens (primary N) is 1. The Kier molecular flexibility index (Phi) is 10.9. The summed E-state index contributed by atoms with van der Waals surface area (Å²) in [5.74, 6) is 0. The van der Waals surface area contributed by atoms with Crippen LogP contribution in [-0.2, 0) is 15.6 Å². The van der Waals surface area contributed by atoms with E-state index in [1.165, 1.54) is 11.1 Å². The molecule has 1 nitrogen and oxygen atoms in total. The molecule has 304 valence electrons. The normalized spacial score (nSPS) is 20.0. The zero-order valence-electron chi connectivity index (χ0n) is 35.2. The first-order valence-corrected chi connectivity index (χ1v) is 22.7. The van der Waals surface area contributed by atoms with Crippen molar-refractivity contribution in [3.05, 3.63) is 312 Å². The van der Waals surface area contributed by atoms with Crippen LogP contribution in [0.5, 0.6) is 0 Å². The second-order valence-corrected chi connectivity index (χ2v) is 17.8. The van der Waals surface area contributed by atoms with Crippen LogP contribution >= 0.6 is 11.8 Å². The van der Waals surface area contributed by atoms with Crippen LogP contribution in [0.3, 0.4) is 0 Å². The maximum atomic E-state index is 8.63. The molecule has 2 heteroatoms. The Labute approximate surface area is 376 Å². The molecule has 0 bridgehead atoms. The number of rotatable bonds is 10. The van der Waals surface area contributed by atoms with Crippen molar-refractivity contribution >= 4 is 22.9 Å². The summed E-state index contributed by atoms with van der Waals surface area (Å²) in [6, 6.07) is 86.4. The molecule has 8 aromatic carbocycles. The van der Waals surface area contributed by atoms with Crippen molar-refractivity contribution in [3.8, 4) is 11.1 Å². The molecule has 0 fully saturated rings. The van der Waals surface area contributed by atoms with Gasteiger partial charge in [0, 0.05) is 11.3 Å². The fourth-order valence-corrected chi connectivity index (χ4v) is 13.0. The van der Waals surface area contributed by atoms with Gasteiger partial charge in [-0.3, -0.25) is 0 Å². The Morgan fingerprint density at radius 2 is 0.841 bits per heavy atom. The standard InChI is InChI=1S/C61H49NS/c1-45-27-23-26-44-55(45)63-61(54-43-25-24-42-53(54)46-28-9-2-10-29-46)57(48-32-13-4-14-33-48)56(47-30-11-3-12-31-47)58(62)59(49-34-15-5-16-35-49,50-36-17-6-18-37-50)60(61,51-38-19-7-20-39-51)52-40-21-8-22-41-52/h2-44,55,58H,1,62H2. The van der Waals surface area contributed by atoms with Gasteiger partial charge in [-0.2, -0.15) is 0 Å². The second kappa shape index (κ2) is 17.1. The Hall–Kier alpha value is -6.97. The van der Waals surface area contributed by atoms with Crippen molar-refractivity contribution in [2.24, 2.45) is 5.73 Å². The Morgan fingerprint density at radius 3 is 1.33 bits per heavy atom. The fourth-order valence-electron chi connectivity index (χ4n) is 11.0. The van der Waals surface area contributed by atoms with E-state index >= 15 is 0 Å². The predicted molar refractivity (Wildman–Crippen MR) is 267 cm³/mol. The topological polar surface area (TPSA) is 26.0 Å². The molecule has 0 saturated carbocycles. The summed E-state index contributed by atoms with van der Waals surface area (Å²) >= 11 is 2.00. The van der Waals surface area contributed by atoms with E-state index in [0.717, 1.165) is 55.7 Å². The number of allylic oxidation sites excluding steroid dienone is 3. The number of thioether (sulfide) groups is 1. The highest BCUT2D eigenvalue weighted by molar-refractivity contribution is 8.01. The van der Waals surface area contributed by atoms with E-state index < -0.39 is 21.6 Å². The van der Waals surface area contributed by atoms with Crippen molar-refractivity contribution in [3.63, 3.8) is 0 Å². The lowest BCUT2D eigenvalue weighted by atomic mass is 9.38. The van der Waals surface area contributed by atoms with E-state index in [9.17, 15) is 0 Å². The summed E-state index contributed by atoms with van der Waals surface area (Å²) in [5.41, 5.74) is 20.3. The highest BCUT2D eigenvalue weighted by atomic mass is 32.2. The predicted octanol–water partition coefficient (Wildman–Crippen LogP) is 14.3. The maximum absolute atomic E-state index is 8.63. The third-order valence-electron chi connectivity index (χ3n) is 13.3. The molecule has 2 aliphatic carbocycles. The van der Waals surface area contributed by atoms with Gasteiger partial charge in [0.15, 0.2) is 0 Å². The summed E-state index contributed by atoms with van der Waals surface area (Å²) < 4.78 is -0.987. The van der Waals surface area contributed by atoms with Crippen LogP contribution < -0.4 is 5.73 Å². The third kappa shape index (κ3) is 6.36. The van der Waals surface area contributed by atoms with E-state index in [4.69, 9.17) is 12.3 Å². The molecule has 2 aliphatic rings. The molecule has 8 aromatic rings. The zero-order chi connectivity index (χ0) is 42.7. The van der Waals surface area contributed by atoms with Gasteiger partial charge in [-0.05, 0) is 66.8 Å². The van der Waals surface area contributed by atoms with Crippen molar-refractivity contribution in [1.29, 1.82) is 0 Å². The van der Waals surface area contributed by atoms with Crippen LogP contribution in [0.25, 0.3) is 22.3 Å². The highest BCUT2D eigenvalue weighted by Gasteiger charge is 2.74. The highest BCUT2D eigenvalue weighted by Crippen LogP contribution is 2.76. The summed E-state index contributed by atoms with van der Waals surface area (Å²) in [5, 5.41) is -0.125. The van der Waals surface area contributed by atoms with Gasteiger partial charge in [-0.1, -0.05) is 267 Å². The van der Waals surface area contributed by atoms with Crippen LogP contribution in [0.4, 0.5) is 0 Å². The molecule has 0 heterocycles. The van der Waals surface area contributed by atoms with Crippen molar-refractivity contribution < 1.29 is 0 Å². The lowest BCUT2D eigenvalue weighted by Crippen LogP contribution is -2.71. The first kappa shape index (κ1) is 40.1. The second-order valence-electron chi connectivity index (χ2n) is 16.5. The van der Waals surface area contributed by atoms with E-state index in [-0.39, 0.29) is 5.25 Å². The number of hydrogen-bond donors (Lipinski definition) is 1. The molecule has 0 aromatic heterocycles. The number of hydrogen-bond acceptors (Lipinski definition) is 2. The van der Waals surface area contributed by atoms with Crippen molar-refractivity contribution in [2.75, 3.05) is 0 Å². The molecule has 10 rings (SSSR count). The largest absolute Gasteiger partial charge is 0.323 e. The van der Waals surface area contributed by atoms with Crippen LogP contribution in [0, 0.1) is 0 Å². The summed E-state index contributed by atoms with van der Waals surface area (Å²) in [6.45, 7) is 4.80. The molecule has 0 aliphatic heterocycles. The molecular formula is C61H49NS. The minimum Gasteiger partial charge on any atom is -0.323 e. The summed E-state index contributed by atoms with van der Waals surface area (Å²) in [4.78, 5) is 0. The number of benzene rings is 8.